The number of hydrogen-bond acceptors (Lipinski definition) is 5. The van der Waals surface area contributed by atoms with Crippen molar-refractivity contribution >= 4 is 5.91 Å². The number of likely N-dealkylation sites (tertiary alicyclic amines) is 1. The molecule has 0 spiro atoms. The second-order valence-corrected chi connectivity index (χ2v) is 6.27. The van der Waals surface area contributed by atoms with Crippen molar-refractivity contribution in [1.82, 2.24) is 19.9 Å². The Hall–Kier alpha value is -2.25. The second kappa shape index (κ2) is 6.10. The number of primary amides is 1. The van der Waals surface area contributed by atoms with Crippen LogP contribution in [0.3, 0.4) is 0 Å². The van der Waals surface area contributed by atoms with Crippen molar-refractivity contribution in [3.05, 3.63) is 47.8 Å². The summed E-state index contributed by atoms with van der Waals surface area (Å²) >= 11 is 0. The Bertz CT molecular complexity index is 683. The lowest BCUT2D eigenvalue weighted by Gasteiger charge is -2.29. The molecule has 23 heavy (non-hydrogen) atoms. The zero-order valence-electron chi connectivity index (χ0n) is 13.1. The van der Waals surface area contributed by atoms with Crippen LogP contribution >= 0.6 is 0 Å². The van der Waals surface area contributed by atoms with E-state index in [0.29, 0.717) is 6.54 Å². The van der Waals surface area contributed by atoms with E-state index >= 15 is 0 Å². The van der Waals surface area contributed by atoms with Crippen LogP contribution in [-0.4, -0.2) is 50.5 Å². The van der Waals surface area contributed by atoms with Gasteiger partial charge in [0.1, 0.15) is 0 Å². The number of benzene rings is 1. The highest BCUT2D eigenvalue weighted by molar-refractivity contribution is 5.90. The molecule has 0 bridgehead atoms. The summed E-state index contributed by atoms with van der Waals surface area (Å²) in [4.78, 5) is 13.3. The molecule has 3 N–H and O–H groups in total. The van der Waals surface area contributed by atoms with Gasteiger partial charge in [0.15, 0.2) is 5.69 Å². The normalized spacial score (nSPS) is 21.2. The van der Waals surface area contributed by atoms with Gasteiger partial charge in [-0.15, -0.1) is 5.10 Å². The van der Waals surface area contributed by atoms with Crippen LogP contribution in [0.15, 0.2) is 36.5 Å². The van der Waals surface area contributed by atoms with Gasteiger partial charge in [-0.05, 0) is 18.9 Å². The van der Waals surface area contributed by atoms with Gasteiger partial charge in [-0.3, -0.25) is 9.69 Å². The zero-order chi connectivity index (χ0) is 16.4. The van der Waals surface area contributed by atoms with E-state index in [1.54, 1.807) is 10.9 Å². The summed E-state index contributed by atoms with van der Waals surface area (Å²) in [5.74, 6) is -0.571. The predicted molar refractivity (Wildman–Crippen MR) is 84.6 cm³/mol. The highest BCUT2D eigenvalue weighted by atomic mass is 16.3. The first-order chi connectivity index (χ1) is 11.0. The average molecular weight is 315 g/mol. The number of aromatic nitrogens is 3. The number of hydrogen-bond donors (Lipinski definition) is 2. The third-order valence-corrected chi connectivity index (χ3v) is 4.31. The molecule has 2 atom stereocenters. The topological polar surface area (TPSA) is 97.3 Å². The van der Waals surface area contributed by atoms with E-state index in [9.17, 15) is 9.90 Å². The average Bonchev–Trinajstić information content (AvgIpc) is 3.16. The van der Waals surface area contributed by atoms with Gasteiger partial charge in [0.05, 0.1) is 17.8 Å². The Morgan fingerprint density at radius 1 is 1.43 bits per heavy atom. The highest BCUT2D eigenvalue weighted by Crippen LogP contribution is 2.27. The summed E-state index contributed by atoms with van der Waals surface area (Å²) in [6.07, 6.45) is 2.48. The van der Waals surface area contributed by atoms with Gasteiger partial charge in [0.25, 0.3) is 5.91 Å². The van der Waals surface area contributed by atoms with Crippen molar-refractivity contribution in [3.8, 4) is 0 Å². The highest BCUT2D eigenvalue weighted by Gasteiger charge is 2.32. The minimum absolute atomic E-state index is 0.141. The molecule has 0 saturated carbocycles. The van der Waals surface area contributed by atoms with E-state index in [-0.39, 0.29) is 11.7 Å². The van der Waals surface area contributed by atoms with Gasteiger partial charge >= 0.3 is 0 Å². The van der Waals surface area contributed by atoms with E-state index in [2.05, 4.69) is 15.2 Å². The number of amides is 1. The fraction of sp³-hybridized carbons (Fsp3) is 0.438. The molecule has 2 heterocycles. The van der Waals surface area contributed by atoms with Crippen LogP contribution in [0.4, 0.5) is 0 Å². The maximum Gasteiger partial charge on any atom is 0.270 e. The lowest BCUT2D eigenvalue weighted by atomic mass is 9.95. The van der Waals surface area contributed by atoms with Gasteiger partial charge in [0.2, 0.25) is 0 Å². The van der Waals surface area contributed by atoms with E-state index in [0.717, 1.165) is 25.1 Å². The van der Waals surface area contributed by atoms with Crippen LogP contribution in [-0.2, 0) is 5.60 Å². The minimum Gasteiger partial charge on any atom is -0.384 e. The quantitative estimate of drug-likeness (QED) is 0.839. The summed E-state index contributed by atoms with van der Waals surface area (Å²) < 4.78 is 1.69. The molecule has 1 aromatic carbocycles. The lowest BCUT2D eigenvalue weighted by Crippen LogP contribution is -2.37. The standard InChI is InChI=1S/C16H21N5O2/c1-16(23,12-5-3-2-4-6-12)11-20-8-7-13(9-20)21-10-14(15(17)22)18-19-21/h2-6,10,13,23H,7-9,11H2,1H3,(H2,17,22). The first kappa shape index (κ1) is 15.6. The number of aliphatic hydroxyl groups is 1. The van der Waals surface area contributed by atoms with E-state index in [1.165, 1.54) is 0 Å². The monoisotopic (exact) mass is 315 g/mol. The fourth-order valence-electron chi connectivity index (χ4n) is 3.06. The Morgan fingerprint density at radius 3 is 2.83 bits per heavy atom. The van der Waals surface area contributed by atoms with Crippen molar-refractivity contribution in [3.63, 3.8) is 0 Å². The molecule has 7 nitrogen and oxygen atoms in total. The second-order valence-electron chi connectivity index (χ2n) is 6.27. The van der Waals surface area contributed by atoms with Crippen LogP contribution in [0.25, 0.3) is 0 Å². The van der Waals surface area contributed by atoms with E-state index in [4.69, 9.17) is 5.73 Å². The molecule has 2 unspecified atom stereocenters. The molecule has 1 aromatic heterocycles. The Labute approximate surface area is 134 Å². The van der Waals surface area contributed by atoms with Gasteiger partial charge in [-0.1, -0.05) is 35.5 Å². The number of carbonyl (C=O) groups is 1. The van der Waals surface area contributed by atoms with Crippen LogP contribution in [0.1, 0.15) is 35.4 Å². The molecule has 1 saturated heterocycles. The molecule has 1 aliphatic rings. The molecule has 7 heteroatoms. The summed E-state index contributed by atoms with van der Waals surface area (Å²) in [6, 6.07) is 9.80. The molecular formula is C16H21N5O2. The van der Waals surface area contributed by atoms with Crippen LogP contribution in [0.5, 0.6) is 0 Å². The first-order valence-corrected chi connectivity index (χ1v) is 7.67. The van der Waals surface area contributed by atoms with Crippen molar-refractivity contribution in [1.29, 1.82) is 0 Å². The Morgan fingerprint density at radius 2 is 2.17 bits per heavy atom. The first-order valence-electron chi connectivity index (χ1n) is 7.67. The zero-order valence-corrected chi connectivity index (χ0v) is 13.1. The van der Waals surface area contributed by atoms with Gasteiger partial charge < -0.3 is 10.8 Å². The Balaban J connectivity index is 1.64. The maximum absolute atomic E-state index is 11.1. The minimum atomic E-state index is -0.906. The van der Waals surface area contributed by atoms with Gasteiger partial charge in [-0.2, -0.15) is 0 Å². The number of nitrogens with zero attached hydrogens (tertiary/aromatic N) is 4. The number of carbonyl (C=O) groups excluding carboxylic acids is 1. The molecule has 3 rings (SSSR count). The summed E-state index contributed by atoms with van der Waals surface area (Å²) in [7, 11) is 0. The molecule has 1 amide bonds. The van der Waals surface area contributed by atoms with Gasteiger partial charge in [-0.25, -0.2) is 4.68 Å². The van der Waals surface area contributed by atoms with E-state index < -0.39 is 11.5 Å². The predicted octanol–water partition coefficient (Wildman–Crippen LogP) is 0.532. The van der Waals surface area contributed by atoms with Crippen LogP contribution in [0.2, 0.25) is 0 Å². The van der Waals surface area contributed by atoms with E-state index in [1.807, 2.05) is 37.3 Å². The van der Waals surface area contributed by atoms with Gasteiger partial charge in [0, 0.05) is 19.6 Å². The summed E-state index contributed by atoms with van der Waals surface area (Å²) in [5.41, 5.74) is 5.38. The summed E-state index contributed by atoms with van der Waals surface area (Å²) in [6.45, 7) is 3.99. The molecule has 122 valence electrons. The number of rotatable bonds is 5. The number of β-amino-alcohol motifs (C(OH)–C–C–N with tert-alkyl or cyclic N) is 1. The molecule has 1 aliphatic heterocycles. The smallest absolute Gasteiger partial charge is 0.270 e. The Kier molecular flexibility index (Phi) is 4.14. The fourth-order valence-corrected chi connectivity index (χ4v) is 3.06. The van der Waals surface area contributed by atoms with Crippen molar-refractivity contribution < 1.29 is 9.90 Å². The molecule has 0 aliphatic carbocycles. The van der Waals surface area contributed by atoms with Crippen LogP contribution in [0, 0.1) is 0 Å². The third-order valence-electron chi connectivity index (χ3n) is 4.31. The third kappa shape index (κ3) is 3.40. The van der Waals surface area contributed by atoms with Crippen molar-refractivity contribution in [2.75, 3.05) is 19.6 Å². The molecule has 2 aromatic rings. The molecule has 0 radical (unpaired) electrons. The lowest BCUT2D eigenvalue weighted by molar-refractivity contribution is 0.0217. The maximum atomic E-state index is 11.1. The SMILES string of the molecule is CC(O)(CN1CCC(n2cc(C(N)=O)nn2)C1)c1ccccc1. The molecular weight excluding hydrogens is 294 g/mol. The summed E-state index contributed by atoms with van der Waals surface area (Å²) in [5, 5.41) is 18.5. The van der Waals surface area contributed by atoms with Crippen LogP contribution < -0.4 is 5.73 Å². The van der Waals surface area contributed by atoms with Crippen molar-refractivity contribution in [2.24, 2.45) is 5.73 Å². The van der Waals surface area contributed by atoms with Crippen molar-refractivity contribution in [2.45, 2.75) is 25.0 Å². The largest absolute Gasteiger partial charge is 0.384 e. The molecule has 1 fully saturated rings. The number of nitrogens with two attached hydrogens (primary N) is 1.